The van der Waals surface area contributed by atoms with Crippen LogP contribution in [-0.4, -0.2) is 4.57 Å². The Morgan fingerprint density at radius 1 is 0.400 bits per heavy atom. The van der Waals surface area contributed by atoms with Gasteiger partial charge in [0.2, 0.25) is 0 Å². The summed E-state index contributed by atoms with van der Waals surface area (Å²) in [5, 5.41) is 4.62. The number of nitrogens with zero attached hydrogens (tertiary/aromatic N) is 2. The van der Waals surface area contributed by atoms with Crippen LogP contribution in [-0.2, 0) is 5.41 Å². The highest BCUT2D eigenvalue weighted by atomic mass is 16.3. The summed E-state index contributed by atoms with van der Waals surface area (Å²) in [6.45, 7) is 4.69. The molecule has 1 aliphatic rings. The number of hydrogen-bond acceptors (Lipinski definition) is 2. The standard InChI is InChI=1S/C57H40N2O/c1-57(2)50-26-14-12-23-43(50)48-35-41(30-32-51(48)57)58(42-29-31-45-44-24-13-15-28-53(44)60-54(45)36-42)52-27-16-25-46-49-34-39(37-17-6-3-7-18-37)33-47(38-19-8-4-9-20-38)55(49)59(56(46)52)40-21-10-5-11-22-40/h3-36H,1-2H3. The van der Waals surface area contributed by atoms with Crippen LogP contribution in [0.2, 0.25) is 0 Å². The van der Waals surface area contributed by atoms with Gasteiger partial charge in [-0.3, -0.25) is 0 Å². The van der Waals surface area contributed by atoms with E-state index in [1.54, 1.807) is 0 Å². The third-order valence-corrected chi connectivity index (χ3v) is 12.8. The second-order valence-corrected chi connectivity index (χ2v) is 16.5. The summed E-state index contributed by atoms with van der Waals surface area (Å²) in [6, 6.07) is 75.0. The van der Waals surface area contributed by atoms with E-state index in [-0.39, 0.29) is 5.41 Å². The van der Waals surface area contributed by atoms with Crippen LogP contribution >= 0.6 is 0 Å². The number of para-hydroxylation sites is 3. The van der Waals surface area contributed by atoms with E-state index in [1.165, 1.54) is 60.8 Å². The molecule has 12 rings (SSSR count). The number of aromatic nitrogens is 1. The third-order valence-electron chi connectivity index (χ3n) is 12.8. The highest BCUT2D eigenvalue weighted by Gasteiger charge is 2.36. The second-order valence-electron chi connectivity index (χ2n) is 16.5. The molecule has 0 fully saturated rings. The quantitative estimate of drug-likeness (QED) is 0.168. The normalized spacial score (nSPS) is 13.0. The summed E-state index contributed by atoms with van der Waals surface area (Å²) < 4.78 is 9.08. The summed E-state index contributed by atoms with van der Waals surface area (Å²) >= 11 is 0. The van der Waals surface area contributed by atoms with Gasteiger partial charge in [-0.05, 0) is 99.6 Å². The van der Waals surface area contributed by atoms with Gasteiger partial charge in [0.05, 0.1) is 16.7 Å². The van der Waals surface area contributed by atoms with Crippen molar-refractivity contribution in [1.82, 2.24) is 4.57 Å². The Labute approximate surface area is 349 Å². The number of anilines is 3. The summed E-state index contributed by atoms with van der Waals surface area (Å²) in [5.74, 6) is 0. The van der Waals surface area contributed by atoms with Crippen molar-refractivity contribution in [3.8, 4) is 39.1 Å². The maximum absolute atomic E-state index is 6.58. The fraction of sp³-hybridized carbons (Fsp3) is 0.0526. The summed E-state index contributed by atoms with van der Waals surface area (Å²) in [6.07, 6.45) is 0. The van der Waals surface area contributed by atoms with Gasteiger partial charge in [-0.25, -0.2) is 0 Å². The number of furan rings is 1. The van der Waals surface area contributed by atoms with Crippen molar-refractivity contribution < 1.29 is 4.42 Å². The monoisotopic (exact) mass is 768 g/mol. The molecule has 2 heterocycles. The summed E-state index contributed by atoms with van der Waals surface area (Å²) in [5.41, 5.74) is 18.3. The number of rotatable bonds is 6. The van der Waals surface area contributed by atoms with Gasteiger partial charge in [-0.1, -0.05) is 153 Å². The van der Waals surface area contributed by atoms with Gasteiger partial charge in [-0.2, -0.15) is 0 Å². The molecule has 1 aliphatic carbocycles. The molecule has 0 saturated carbocycles. The van der Waals surface area contributed by atoms with Gasteiger partial charge in [0.15, 0.2) is 0 Å². The topological polar surface area (TPSA) is 21.3 Å². The summed E-state index contributed by atoms with van der Waals surface area (Å²) in [4.78, 5) is 2.45. The zero-order valence-corrected chi connectivity index (χ0v) is 33.4. The molecule has 0 atom stereocenters. The highest BCUT2D eigenvalue weighted by Crippen LogP contribution is 2.52. The van der Waals surface area contributed by atoms with E-state index >= 15 is 0 Å². The van der Waals surface area contributed by atoms with Crippen LogP contribution in [0.15, 0.2) is 211 Å². The van der Waals surface area contributed by atoms with Crippen molar-refractivity contribution in [3.05, 3.63) is 217 Å². The minimum absolute atomic E-state index is 0.105. The first-order valence-electron chi connectivity index (χ1n) is 20.8. The molecule has 2 aromatic heterocycles. The van der Waals surface area contributed by atoms with Crippen LogP contribution in [0, 0.1) is 0 Å². The Bertz CT molecular complexity index is 3450. The van der Waals surface area contributed by atoms with E-state index in [4.69, 9.17) is 4.42 Å². The van der Waals surface area contributed by atoms with Gasteiger partial charge in [-0.15, -0.1) is 0 Å². The Morgan fingerprint density at radius 3 is 1.85 bits per heavy atom. The molecule has 11 aromatic rings. The number of benzene rings is 9. The van der Waals surface area contributed by atoms with Gasteiger partial charge >= 0.3 is 0 Å². The average Bonchev–Trinajstić information content (AvgIpc) is 3.92. The van der Waals surface area contributed by atoms with Crippen LogP contribution in [0.1, 0.15) is 25.0 Å². The molecule has 0 N–H and O–H groups in total. The van der Waals surface area contributed by atoms with Gasteiger partial charge in [0, 0.05) is 55.7 Å². The second kappa shape index (κ2) is 13.2. The van der Waals surface area contributed by atoms with Crippen molar-refractivity contribution in [2.45, 2.75) is 19.3 Å². The van der Waals surface area contributed by atoms with Gasteiger partial charge in [0.25, 0.3) is 0 Å². The Kier molecular flexibility index (Phi) is 7.58. The first kappa shape index (κ1) is 34.4. The highest BCUT2D eigenvalue weighted by molar-refractivity contribution is 6.19. The molecule has 9 aromatic carbocycles. The van der Waals surface area contributed by atoms with Gasteiger partial charge < -0.3 is 13.9 Å². The van der Waals surface area contributed by atoms with E-state index in [0.29, 0.717) is 0 Å². The van der Waals surface area contributed by atoms with E-state index in [2.05, 4.69) is 224 Å². The lowest BCUT2D eigenvalue weighted by atomic mass is 9.82. The molecule has 3 nitrogen and oxygen atoms in total. The fourth-order valence-corrected chi connectivity index (χ4v) is 9.96. The van der Waals surface area contributed by atoms with Crippen LogP contribution in [0.3, 0.4) is 0 Å². The van der Waals surface area contributed by atoms with Crippen LogP contribution in [0.5, 0.6) is 0 Å². The van der Waals surface area contributed by atoms with Crippen molar-refractivity contribution in [2.75, 3.05) is 4.90 Å². The van der Waals surface area contributed by atoms with Gasteiger partial charge in [0.1, 0.15) is 11.2 Å². The molecular weight excluding hydrogens is 729 g/mol. The van der Waals surface area contributed by atoms with Crippen LogP contribution in [0.4, 0.5) is 17.1 Å². The van der Waals surface area contributed by atoms with E-state index < -0.39 is 0 Å². The molecule has 0 amide bonds. The molecular formula is C57H40N2O. The zero-order valence-electron chi connectivity index (χ0n) is 33.4. The summed E-state index contributed by atoms with van der Waals surface area (Å²) in [7, 11) is 0. The third kappa shape index (κ3) is 5.15. The van der Waals surface area contributed by atoms with Crippen LogP contribution in [0.25, 0.3) is 82.8 Å². The lowest BCUT2D eigenvalue weighted by molar-refractivity contribution is 0.660. The lowest BCUT2D eigenvalue weighted by Gasteiger charge is -2.28. The molecule has 0 saturated heterocycles. The lowest BCUT2D eigenvalue weighted by Crippen LogP contribution is -2.15. The molecule has 60 heavy (non-hydrogen) atoms. The van der Waals surface area contributed by atoms with Crippen molar-refractivity contribution in [2.24, 2.45) is 0 Å². The SMILES string of the molecule is CC1(C)c2ccccc2-c2cc(N(c3ccc4c(c3)oc3ccccc34)c3cccc4c5cc(-c6ccccc6)cc(-c6ccccc6)c5n(-c5ccccc5)c34)ccc21. The molecule has 3 heteroatoms. The fourth-order valence-electron chi connectivity index (χ4n) is 9.96. The molecule has 0 bridgehead atoms. The molecule has 284 valence electrons. The van der Waals surface area contributed by atoms with E-state index in [1.807, 2.05) is 6.07 Å². The Morgan fingerprint density at radius 2 is 1.03 bits per heavy atom. The van der Waals surface area contributed by atoms with E-state index in [9.17, 15) is 0 Å². The maximum atomic E-state index is 6.58. The zero-order chi connectivity index (χ0) is 40.0. The molecule has 0 spiro atoms. The number of fused-ring (bicyclic) bond motifs is 9. The van der Waals surface area contributed by atoms with Crippen LogP contribution < -0.4 is 4.90 Å². The first-order valence-corrected chi connectivity index (χ1v) is 20.8. The average molecular weight is 769 g/mol. The predicted octanol–water partition coefficient (Wildman–Crippen LogP) is 15.8. The largest absolute Gasteiger partial charge is 0.456 e. The Hall–Kier alpha value is -7.62. The van der Waals surface area contributed by atoms with E-state index in [0.717, 1.165) is 50.2 Å². The number of hydrogen-bond donors (Lipinski definition) is 0. The first-order chi connectivity index (χ1) is 29.5. The molecule has 0 unspecified atom stereocenters. The smallest absolute Gasteiger partial charge is 0.137 e. The predicted molar refractivity (Wildman–Crippen MR) is 251 cm³/mol. The minimum Gasteiger partial charge on any atom is -0.456 e. The van der Waals surface area contributed by atoms with Crippen molar-refractivity contribution in [1.29, 1.82) is 0 Å². The Balaban J connectivity index is 1.21. The van der Waals surface area contributed by atoms with Crippen molar-refractivity contribution >= 4 is 60.8 Å². The maximum Gasteiger partial charge on any atom is 0.137 e. The molecule has 0 radical (unpaired) electrons. The minimum atomic E-state index is -0.105. The molecule has 0 aliphatic heterocycles. The van der Waals surface area contributed by atoms with Crippen molar-refractivity contribution in [3.63, 3.8) is 0 Å².